The average molecular weight is 345 g/mol. The molecule has 2 aliphatic carbocycles. The second-order valence-corrected chi connectivity index (χ2v) is 8.22. The number of hydrogen-bond donors (Lipinski definition) is 1. The second-order valence-electron chi connectivity index (χ2n) is 8.22. The zero-order valence-electron chi connectivity index (χ0n) is 16.0. The first-order valence-electron chi connectivity index (χ1n) is 9.15. The van der Waals surface area contributed by atoms with E-state index in [2.05, 4.69) is 81.6 Å². The molecular weight excluding hydrogens is 318 g/mol. The molecule has 0 heterocycles. The van der Waals surface area contributed by atoms with Gasteiger partial charge in [0.1, 0.15) is 0 Å². The lowest BCUT2D eigenvalue weighted by molar-refractivity contribution is -0.116. The number of nitrogens with one attached hydrogen (secondary N) is 1. The van der Waals surface area contributed by atoms with Gasteiger partial charge in [-0.3, -0.25) is 4.79 Å². The van der Waals surface area contributed by atoms with Gasteiger partial charge in [0, 0.05) is 17.2 Å². The van der Waals surface area contributed by atoms with Gasteiger partial charge in [-0.1, -0.05) is 75.4 Å². The average Bonchev–Trinajstić information content (AvgIpc) is 2.60. The summed E-state index contributed by atoms with van der Waals surface area (Å²) in [5.74, 6) is -0.0958. The third kappa shape index (κ3) is 3.80. The fraction of sp³-hybridized carbons (Fsp3) is 0.292. The number of benzene rings is 1. The number of rotatable bonds is 3. The Kier molecular flexibility index (Phi) is 4.86. The van der Waals surface area contributed by atoms with E-state index in [1.165, 1.54) is 11.1 Å². The Morgan fingerprint density at radius 3 is 2.54 bits per heavy atom. The van der Waals surface area contributed by atoms with Crippen LogP contribution in [0.5, 0.6) is 0 Å². The topological polar surface area (TPSA) is 29.1 Å². The molecule has 0 radical (unpaired) electrons. The van der Waals surface area contributed by atoms with Crippen molar-refractivity contribution in [3.05, 3.63) is 89.2 Å². The van der Waals surface area contributed by atoms with E-state index in [1.807, 2.05) is 18.2 Å². The van der Waals surface area contributed by atoms with Gasteiger partial charge in [0.05, 0.1) is 0 Å². The van der Waals surface area contributed by atoms with E-state index >= 15 is 0 Å². The molecule has 1 aromatic rings. The predicted molar refractivity (Wildman–Crippen MR) is 109 cm³/mol. The molecule has 0 aromatic heterocycles. The quantitative estimate of drug-likeness (QED) is 0.724. The van der Waals surface area contributed by atoms with Crippen molar-refractivity contribution >= 4 is 12.0 Å². The zero-order chi connectivity index (χ0) is 18.8. The van der Waals surface area contributed by atoms with Crippen molar-refractivity contribution in [1.29, 1.82) is 0 Å². The zero-order valence-corrected chi connectivity index (χ0v) is 16.0. The number of allylic oxidation sites excluding steroid dienone is 7. The van der Waals surface area contributed by atoms with Gasteiger partial charge < -0.3 is 5.32 Å². The highest BCUT2D eigenvalue weighted by Gasteiger charge is 2.34. The lowest BCUT2D eigenvalue weighted by Gasteiger charge is -2.36. The van der Waals surface area contributed by atoms with E-state index < -0.39 is 0 Å². The minimum atomic E-state index is -0.151. The minimum Gasteiger partial charge on any atom is -0.325 e. The van der Waals surface area contributed by atoms with Crippen LogP contribution in [0.2, 0.25) is 0 Å². The highest BCUT2D eigenvalue weighted by Crippen LogP contribution is 2.42. The van der Waals surface area contributed by atoms with Crippen molar-refractivity contribution in [2.75, 3.05) is 0 Å². The van der Waals surface area contributed by atoms with Gasteiger partial charge in [-0.05, 0) is 47.6 Å². The van der Waals surface area contributed by atoms with Gasteiger partial charge >= 0.3 is 0 Å². The summed E-state index contributed by atoms with van der Waals surface area (Å²) in [6.07, 6.45) is 16.8. The number of fused-ring (bicyclic) bond motifs is 1. The minimum absolute atomic E-state index is 0.0958. The molecule has 3 rings (SSSR count). The predicted octanol–water partition coefficient (Wildman–Crippen LogP) is 5.46. The summed E-state index contributed by atoms with van der Waals surface area (Å²) in [7, 11) is 0. The fourth-order valence-corrected chi connectivity index (χ4v) is 3.33. The lowest BCUT2D eigenvalue weighted by Crippen LogP contribution is -2.35. The number of carbonyl (C=O) groups is 1. The number of hydrogen-bond acceptors (Lipinski definition) is 1. The van der Waals surface area contributed by atoms with Gasteiger partial charge in [-0.2, -0.15) is 0 Å². The van der Waals surface area contributed by atoms with Crippen molar-refractivity contribution in [2.24, 2.45) is 5.41 Å². The molecule has 1 N–H and O–H groups in total. The highest BCUT2D eigenvalue weighted by atomic mass is 16.1. The Balaban J connectivity index is 1.68. The SMILES string of the molecule is CC12CC=CC=C1C=CC=C2NC(=O)/C=C/c1ccc(C(C)(C)C)cc1. The Morgan fingerprint density at radius 1 is 1.12 bits per heavy atom. The largest absolute Gasteiger partial charge is 0.325 e. The van der Waals surface area contributed by atoms with Crippen LogP contribution in [0.4, 0.5) is 0 Å². The maximum atomic E-state index is 12.4. The maximum absolute atomic E-state index is 12.4. The molecule has 0 fully saturated rings. The van der Waals surface area contributed by atoms with E-state index in [4.69, 9.17) is 0 Å². The normalized spacial score (nSPS) is 22.0. The third-order valence-corrected chi connectivity index (χ3v) is 5.17. The summed E-state index contributed by atoms with van der Waals surface area (Å²) in [5, 5.41) is 3.07. The monoisotopic (exact) mass is 345 g/mol. The molecule has 2 heteroatoms. The maximum Gasteiger partial charge on any atom is 0.248 e. The van der Waals surface area contributed by atoms with Gasteiger partial charge in [0.2, 0.25) is 5.91 Å². The van der Waals surface area contributed by atoms with Crippen LogP contribution < -0.4 is 5.32 Å². The molecule has 1 aromatic carbocycles. The number of amides is 1. The molecule has 134 valence electrons. The molecule has 1 unspecified atom stereocenters. The second kappa shape index (κ2) is 6.95. The fourth-order valence-electron chi connectivity index (χ4n) is 3.33. The van der Waals surface area contributed by atoms with Crippen LogP contribution in [0.25, 0.3) is 6.08 Å². The van der Waals surface area contributed by atoms with Crippen molar-refractivity contribution in [2.45, 2.75) is 39.5 Å². The smallest absolute Gasteiger partial charge is 0.248 e. The van der Waals surface area contributed by atoms with Crippen LogP contribution >= 0.6 is 0 Å². The lowest BCUT2D eigenvalue weighted by atomic mass is 9.71. The van der Waals surface area contributed by atoms with Gasteiger partial charge in [-0.15, -0.1) is 0 Å². The van der Waals surface area contributed by atoms with Crippen LogP contribution in [0.3, 0.4) is 0 Å². The van der Waals surface area contributed by atoms with E-state index in [0.717, 1.165) is 17.7 Å². The van der Waals surface area contributed by atoms with E-state index in [1.54, 1.807) is 6.08 Å². The van der Waals surface area contributed by atoms with Crippen LogP contribution in [-0.2, 0) is 10.2 Å². The summed E-state index contributed by atoms with van der Waals surface area (Å²) in [6.45, 7) is 8.76. The van der Waals surface area contributed by atoms with Crippen molar-refractivity contribution < 1.29 is 4.79 Å². The van der Waals surface area contributed by atoms with Crippen molar-refractivity contribution in [1.82, 2.24) is 5.32 Å². The molecule has 0 saturated heterocycles. The van der Waals surface area contributed by atoms with Crippen molar-refractivity contribution in [3.63, 3.8) is 0 Å². The van der Waals surface area contributed by atoms with E-state index in [-0.39, 0.29) is 16.7 Å². The molecule has 1 amide bonds. The molecule has 0 spiro atoms. The molecule has 26 heavy (non-hydrogen) atoms. The third-order valence-electron chi connectivity index (χ3n) is 5.17. The summed E-state index contributed by atoms with van der Waals surface area (Å²) >= 11 is 0. The molecule has 0 aliphatic heterocycles. The molecule has 2 nitrogen and oxygen atoms in total. The van der Waals surface area contributed by atoms with Crippen LogP contribution in [0, 0.1) is 5.41 Å². The molecule has 2 aliphatic rings. The first-order valence-corrected chi connectivity index (χ1v) is 9.15. The number of carbonyl (C=O) groups excluding carboxylic acids is 1. The van der Waals surface area contributed by atoms with Gasteiger partial charge in [0.25, 0.3) is 0 Å². The van der Waals surface area contributed by atoms with Gasteiger partial charge in [-0.25, -0.2) is 0 Å². The Labute approximate surface area is 156 Å². The summed E-state index contributed by atoms with van der Waals surface area (Å²) < 4.78 is 0. The van der Waals surface area contributed by atoms with Crippen LogP contribution in [0.1, 0.15) is 45.2 Å². The Hall–Kier alpha value is -2.61. The van der Waals surface area contributed by atoms with E-state index in [9.17, 15) is 4.79 Å². The van der Waals surface area contributed by atoms with Crippen molar-refractivity contribution in [3.8, 4) is 0 Å². The highest BCUT2D eigenvalue weighted by molar-refractivity contribution is 5.93. The summed E-state index contributed by atoms with van der Waals surface area (Å²) in [5.41, 5.74) is 4.48. The standard InChI is InChI=1S/C24H27NO/c1-23(2,3)19-14-11-18(12-15-19)13-16-22(26)25-21-10-7-9-20-8-5-6-17-24(20,21)4/h5-16H,17H2,1-4H3,(H,25,26)/b16-13+. The van der Waals surface area contributed by atoms with E-state index in [0.29, 0.717) is 0 Å². The van der Waals surface area contributed by atoms with Crippen LogP contribution in [-0.4, -0.2) is 5.91 Å². The molecule has 0 bridgehead atoms. The first kappa shape index (κ1) is 18.2. The molecular formula is C24H27NO. The summed E-state index contributed by atoms with van der Waals surface area (Å²) in [6, 6.07) is 8.36. The van der Waals surface area contributed by atoms with Gasteiger partial charge in [0.15, 0.2) is 0 Å². The Morgan fingerprint density at radius 2 is 1.85 bits per heavy atom. The molecule has 1 atom stereocenters. The Bertz CT molecular complexity index is 841. The summed E-state index contributed by atoms with van der Waals surface area (Å²) in [4.78, 5) is 12.4. The molecule has 0 saturated carbocycles. The first-order chi connectivity index (χ1) is 12.3. The van der Waals surface area contributed by atoms with Crippen LogP contribution in [0.15, 0.2) is 78.1 Å².